The fourth-order valence-electron chi connectivity index (χ4n) is 4.27. The van der Waals surface area contributed by atoms with E-state index in [0.29, 0.717) is 61.6 Å². The fourth-order valence-corrected chi connectivity index (χ4v) is 4.27. The van der Waals surface area contributed by atoms with Gasteiger partial charge >= 0.3 is 0 Å². The highest BCUT2D eigenvalue weighted by atomic mass is 19.3. The summed E-state index contributed by atoms with van der Waals surface area (Å²) >= 11 is 0. The molecule has 1 aliphatic heterocycles. The minimum Gasteiger partial charge on any atom is -0.491 e. The van der Waals surface area contributed by atoms with Crippen LogP contribution in [0.4, 0.5) is 14.6 Å². The second kappa shape index (κ2) is 11.7. The molecular formula is C25H32F2N6O3. The van der Waals surface area contributed by atoms with E-state index in [1.54, 1.807) is 11.9 Å². The molecule has 3 aromatic rings. The van der Waals surface area contributed by atoms with Gasteiger partial charge in [0.25, 0.3) is 6.43 Å². The van der Waals surface area contributed by atoms with Crippen LogP contribution in [0.2, 0.25) is 0 Å². The second-order valence-electron chi connectivity index (χ2n) is 8.86. The van der Waals surface area contributed by atoms with Crippen LogP contribution in [0.3, 0.4) is 0 Å². The number of aromatic nitrogens is 3. The van der Waals surface area contributed by atoms with Crippen molar-refractivity contribution < 1.29 is 23.1 Å². The first-order valence-corrected chi connectivity index (χ1v) is 12.0. The smallest absolute Gasteiger partial charge is 0.251 e. The number of nitrogens with one attached hydrogen (secondary N) is 1. The van der Waals surface area contributed by atoms with E-state index in [9.17, 15) is 13.9 Å². The van der Waals surface area contributed by atoms with Crippen LogP contribution in [-0.2, 0) is 0 Å². The van der Waals surface area contributed by atoms with E-state index in [1.807, 2.05) is 44.2 Å². The van der Waals surface area contributed by atoms with Crippen LogP contribution in [0.1, 0.15) is 11.5 Å². The number of aryl methyl sites for hydroxylation is 2. The van der Waals surface area contributed by atoms with Gasteiger partial charge in [-0.25, -0.2) is 18.7 Å². The van der Waals surface area contributed by atoms with Gasteiger partial charge in [0.15, 0.2) is 5.82 Å². The van der Waals surface area contributed by atoms with Crippen molar-refractivity contribution in [2.75, 3.05) is 57.8 Å². The van der Waals surface area contributed by atoms with E-state index in [4.69, 9.17) is 19.2 Å². The Kier molecular flexibility index (Phi) is 8.44. The molecule has 36 heavy (non-hydrogen) atoms. The molecule has 1 aromatic carbocycles. The molecular weight excluding hydrogens is 470 g/mol. The molecule has 0 bridgehead atoms. The van der Waals surface area contributed by atoms with Crippen LogP contribution in [0.15, 0.2) is 34.9 Å². The summed E-state index contributed by atoms with van der Waals surface area (Å²) in [5, 5.41) is 16.9. The molecule has 0 radical (unpaired) electrons. The molecule has 0 spiro atoms. The summed E-state index contributed by atoms with van der Waals surface area (Å²) in [4.78, 5) is 13.5. The van der Waals surface area contributed by atoms with Gasteiger partial charge in [-0.1, -0.05) is 17.3 Å². The van der Waals surface area contributed by atoms with Crippen LogP contribution in [-0.4, -0.2) is 90.6 Å². The Morgan fingerprint density at radius 2 is 1.92 bits per heavy atom. The van der Waals surface area contributed by atoms with Crippen LogP contribution in [0, 0.1) is 13.8 Å². The van der Waals surface area contributed by atoms with E-state index in [2.05, 4.69) is 15.4 Å². The van der Waals surface area contributed by atoms with Crippen molar-refractivity contribution in [1.82, 2.24) is 25.3 Å². The van der Waals surface area contributed by atoms with Crippen LogP contribution < -0.4 is 15.0 Å². The minimum absolute atomic E-state index is 0.151. The standard InChI is InChI=1S/C25H32F2N6O3/c1-16-24(17(2)36-31-16)21-12-23(33-9-7-32(8-10-33)14-22(26)27)30-25(29-21)18-5-4-6-20(11-18)35-15-19(34)13-28-3/h4-6,11-12,19,22,28,34H,7-10,13-15H2,1-3H3. The zero-order valence-electron chi connectivity index (χ0n) is 20.7. The lowest BCUT2D eigenvalue weighted by Crippen LogP contribution is -2.48. The molecule has 1 fully saturated rings. The van der Waals surface area contributed by atoms with Crippen molar-refractivity contribution in [3.8, 4) is 28.4 Å². The minimum atomic E-state index is -2.35. The van der Waals surface area contributed by atoms with Gasteiger partial charge in [-0.2, -0.15) is 0 Å². The predicted molar refractivity (Wildman–Crippen MR) is 133 cm³/mol. The average Bonchev–Trinajstić information content (AvgIpc) is 3.20. The van der Waals surface area contributed by atoms with E-state index >= 15 is 0 Å². The molecule has 1 atom stereocenters. The van der Waals surface area contributed by atoms with Gasteiger partial charge < -0.3 is 24.6 Å². The molecule has 0 aliphatic carbocycles. The number of likely N-dealkylation sites (N-methyl/N-ethyl adjacent to an activating group) is 1. The molecule has 2 aromatic heterocycles. The van der Waals surface area contributed by atoms with E-state index in [-0.39, 0.29) is 13.2 Å². The van der Waals surface area contributed by atoms with Crippen molar-refractivity contribution in [1.29, 1.82) is 0 Å². The number of halogens is 2. The van der Waals surface area contributed by atoms with E-state index < -0.39 is 12.5 Å². The summed E-state index contributed by atoms with van der Waals surface area (Å²) in [6, 6.07) is 9.30. The number of hydrogen-bond donors (Lipinski definition) is 2. The van der Waals surface area contributed by atoms with Gasteiger partial charge in [0.1, 0.15) is 30.0 Å². The summed E-state index contributed by atoms with van der Waals surface area (Å²) in [6.45, 7) is 6.28. The molecule has 1 unspecified atom stereocenters. The Labute approximate surface area is 209 Å². The average molecular weight is 503 g/mol. The number of anilines is 1. The maximum Gasteiger partial charge on any atom is 0.251 e. The van der Waals surface area contributed by atoms with Gasteiger partial charge in [0, 0.05) is 44.4 Å². The molecule has 194 valence electrons. The largest absolute Gasteiger partial charge is 0.491 e. The molecule has 0 saturated carbocycles. The second-order valence-corrected chi connectivity index (χ2v) is 8.86. The number of rotatable bonds is 10. The summed E-state index contributed by atoms with van der Waals surface area (Å²) in [7, 11) is 1.77. The molecule has 3 heterocycles. The summed E-state index contributed by atoms with van der Waals surface area (Å²) in [6.07, 6.45) is -2.98. The molecule has 0 amide bonds. The zero-order chi connectivity index (χ0) is 25.7. The highest BCUT2D eigenvalue weighted by Gasteiger charge is 2.23. The van der Waals surface area contributed by atoms with Gasteiger partial charge in [-0.05, 0) is 33.0 Å². The van der Waals surface area contributed by atoms with E-state index in [0.717, 1.165) is 16.8 Å². The zero-order valence-corrected chi connectivity index (χ0v) is 20.7. The molecule has 11 heteroatoms. The summed E-state index contributed by atoms with van der Waals surface area (Å²) < 4.78 is 36.8. The topological polar surface area (TPSA) is 99.8 Å². The van der Waals surface area contributed by atoms with Crippen LogP contribution >= 0.6 is 0 Å². The Morgan fingerprint density at radius 1 is 1.14 bits per heavy atom. The third-order valence-electron chi connectivity index (χ3n) is 6.07. The number of piperazine rings is 1. The molecule has 1 aliphatic rings. The van der Waals surface area contributed by atoms with Gasteiger partial charge in [-0.3, -0.25) is 4.90 Å². The number of benzene rings is 1. The Hall–Kier alpha value is -3.15. The molecule has 2 N–H and O–H groups in total. The van der Waals surface area contributed by atoms with Crippen molar-refractivity contribution >= 4 is 5.82 Å². The van der Waals surface area contributed by atoms with Crippen LogP contribution in [0.5, 0.6) is 5.75 Å². The third-order valence-corrected chi connectivity index (χ3v) is 6.07. The summed E-state index contributed by atoms with van der Waals surface area (Å²) in [5.41, 5.74) is 2.96. The van der Waals surface area contributed by atoms with E-state index in [1.165, 1.54) is 0 Å². The lowest BCUT2D eigenvalue weighted by atomic mass is 10.1. The number of aliphatic hydroxyl groups excluding tert-OH is 1. The third kappa shape index (κ3) is 6.34. The van der Waals surface area contributed by atoms with Crippen molar-refractivity contribution in [2.45, 2.75) is 26.4 Å². The maximum atomic E-state index is 12.8. The van der Waals surface area contributed by atoms with Crippen LogP contribution in [0.25, 0.3) is 22.6 Å². The highest BCUT2D eigenvalue weighted by molar-refractivity contribution is 5.71. The lowest BCUT2D eigenvalue weighted by molar-refractivity contribution is 0.0854. The Bertz CT molecular complexity index is 1130. The number of aliphatic hydroxyl groups is 1. The monoisotopic (exact) mass is 502 g/mol. The highest BCUT2D eigenvalue weighted by Crippen LogP contribution is 2.31. The molecule has 1 saturated heterocycles. The summed E-state index contributed by atoms with van der Waals surface area (Å²) in [5.74, 6) is 2.46. The SMILES string of the molecule is CNCC(O)COc1cccc(-c2nc(-c3c(C)noc3C)cc(N3CCN(CC(F)F)CC3)n2)c1. The first-order valence-electron chi connectivity index (χ1n) is 12.0. The predicted octanol–water partition coefficient (Wildman–Crippen LogP) is 2.76. The number of alkyl halides is 2. The number of ether oxygens (including phenoxy) is 1. The van der Waals surface area contributed by atoms with Gasteiger partial charge in [0.05, 0.1) is 23.5 Å². The van der Waals surface area contributed by atoms with Gasteiger partial charge in [-0.15, -0.1) is 0 Å². The first kappa shape index (κ1) is 25.9. The Morgan fingerprint density at radius 3 is 2.58 bits per heavy atom. The molecule has 9 nitrogen and oxygen atoms in total. The molecule has 4 rings (SSSR count). The van der Waals surface area contributed by atoms with Crippen molar-refractivity contribution in [3.05, 3.63) is 41.8 Å². The quantitative estimate of drug-likeness (QED) is 0.434. The Balaban J connectivity index is 1.64. The maximum absolute atomic E-state index is 12.8. The lowest BCUT2D eigenvalue weighted by Gasteiger charge is -2.35. The van der Waals surface area contributed by atoms with Gasteiger partial charge in [0.2, 0.25) is 0 Å². The number of nitrogens with zero attached hydrogens (tertiary/aromatic N) is 5. The van der Waals surface area contributed by atoms with Crippen molar-refractivity contribution in [3.63, 3.8) is 0 Å². The first-order chi connectivity index (χ1) is 17.3. The number of hydrogen-bond acceptors (Lipinski definition) is 9. The van der Waals surface area contributed by atoms with Crippen molar-refractivity contribution in [2.24, 2.45) is 0 Å². The fraction of sp³-hybridized carbons (Fsp3) is 0.480. The normalized spacial score (nSPS) is 15.5.